The molecule has 0 unspecified atom stereocenters. The molecule has 2 rings (SSSR count). The summed E-state index contributed by atoms with van der Waals surface area (Å²) >= 11 is 5.76. The van der Waals surface area contributed by atoms with Gasteiger partial charge in [-0.3, -0.25) is 4.79 Å². The maximum Gasteiger partial charge on any atom is 0.492 e. The van der Waals surface area contributed by atoms with Gasteiger partial charge in [0.1, 0.15) is 6.29 Å². The van der Waals surface area contributed by atoms with Crippen molar-refractivity contribution >= 4 is 30.5 Å². The van der Waals surface area contributed by atoms with Crippen molar-refractivity contribution in [1.29, 1.82) is 0 Å². The third-order valence-corrected chi connectivity index (χ3v) is 2.25. The molecule has 1 aliphatic rings. The van der Waals surface area contributed by atoms with E-state index in [1.54, 1.807) is 6.07 Å². The lowest BCUT2D eigenvalue weighted by atomic mass is 9.76. The Hall–Kier alpha value is -0.835. The lowest BCUT2D eigenvalue weighted by Crippen LogP contribution is -2.31. The molecule has 1 heterocycles. The highest BCUT2D eigenvalue weighted by molar-refractivity contribution is 6.63. The van der Waals surface area contributed by atoms with Crippen molar-refractivity contribution in [2.45, 2.75) is 6.61 Å². The minimum Gasteiger partial charge on any atom is -0.423 e. The molecule has 1 aromatic rings. The summed E-state index contributed by atoms with van der Waals surface area (Å²) in [5, 5.41) is 9.84. The summed E-state index contributed by atoms with van der Waals surface area (Å²) in [6, 6.07) is 3.21. The predicted octanol–water partition coefficient (Wildman–Crippen LogP) is 0.370. The van der Waals surface area contributed by atoms with Crippen molar-refractivity contribution < 1.29 is 14.5 Å². The first-order chi connectivity index (χ1) is 6.22. The van der Waals surface area contributed by atoms with E-state index in [0.717, 1.165) is 5.56 Å². The SMILES string of the molecule is O=Cc1cc(Cl)cc2c1B(O)OC2. The van der Waals surface area contributed by atoms with Crippen molar-refractivity contribution in [1.82, 2.24) is 0 Å². The fourth-order valence-corrected chi connectivity index (χ4v) is 1.72. The highest BCUT2D eigenvalue weighted by Gasteiger charge is 2.30. The maximum atomic E-state index is 10.6. The van der Waals surface area contributed by atoms with Crippen LogP contribution < -0.4 is 5.46 Å². The van der Waals surface area contributed by atoms with Crippen LogP contribution >= 0.6 is 11.6 Å². The van der Waals surface area contributed by atoms with Gasteiger partial charge in [0, 0.05) is 10.6 Å². The molecule has 5 heteroatoms. The average Bonchev–Trinajstić information content (AvgIpc) is 2.46. The number of rotatable bonds is 1. The van der Waals surface area contributed by atoms with E-state index in [-0.39, 0.29) is 0 Å². The minimum absolute atomic E-state index is 0.303. The Balaban J connectivity index is 2.64. The summed E-state index contributed by atoms with van der Waals surface area (Å²) < 4.78 is 4.96. The molecule has 1 aromatic carbocycles. The highest BCUT2D eigenvalue weighted by atomic mass is 35.5. The first-order valence-corrected chi connectivity index (χ1v) is 4.17. The van der Waals surface area contributed by atoms with E-state index in [9.17, 15) is 9.82 Å². The Bertz CT molecular complexity index is 367. The predicted molar refractivity (Wildman–Crippen MR) is 49.2 cm³/mol. The van der Waals surface area contributed by atoms with Crippen LogP contribution in [-0.4, -0.2) is 18.4 Å². The number of hydrogen-bond acceptors (Lipinski definition) is 3. The number of carbonyl (C=O) groups excluding carboxylic acids is 1. The number of hydrogen-bond donors (Lipinski definition) is 1. The molecule has 0 aliphatic carbocycles. The molecule has 13 heavy (non-hydrogen) atoms. The standard InChI is InChI=1S/C8H6BClO3/c10-7-1-5(3-11)8-6(2-7)4-13-9(8)12/h1-3,12H,4H2. The largest absolute Gasteiger partial charge is 0.492 e. The van der Waals surface area contributed by atoms with Gasteiger partial charge in [0.05, 0.1) is 6.61 Å². The fraction of sp³-hybridized carbons (Fsp3) is 0.125. The molecule has 0 spiro atoms. The molecule has 0 radical (unpaired) electrons. The van der Waals surface area contributed by atoms with Gasteiger partial charge in [-0.15, -0.1) is 0 Å². The zero-order chi connectivity index (χ0) is 9.42. The molecule has 0 amide bonds. The molecular weight excluding hydrogens is 190 g/mol. The lowest BCUT2D eigenvalue weighted by molar-refractivity contribution is 0.112. The Labute approximate surface area is 80.4 Å². The Morgan fingerprint density at radius 1 is 1.62 bits per heavy atom. The Kier molecular flexibility index (Phi) is 2.11. The van der Waals surface area contributed by atoms with Crippen molar-refractivity contribution in [3.05, 3.63) is 28.3 Å². The van der Waals surface area contributed by atoms with Crippen LogP contribution in [0.15, 0.2) is 12.1 Å². The molecule has 1 N–H and O–H groups in total. The van der Waals surface area contributed by atoms with Gasteiger partial charge in [-0.2, -0.15) is 0 Å². The number of halogens is 1. The fourth-order valence-electron chi connectivity index (χ4n) is 1.47. The number of benzene rings is 1. The normalized spacial score (nSPS) is 14.5. The van der Waals surface area contributed by atoms with Gasteiger partial charge < -0.3 is 9.68 Å². The smallest absolute Gasteiger partial charge is 0.423 e. The molecular formula is C8H6BClO3. The van der Waals surface area contributed by atoms with Crippen LogP contribution in [0.5, 0.6) is 0 Å². The van der Waals surface area contributed by atoms with Gasteiger partial charge in [0.2, 0.25) is 0 Å². The van der Waals surface area contributed by atoms with Crippen LogP contribution in [0.3, 0.4) is 0 Å². The lowest BCUT2D eigenvalue weighted by Gasteiger charge is -2.02. The van der Waals surface area contributed by atoms with Crippen LogP contribution in [0.25, 0.3) is 0 Å². The highest BCUT2D eigenvalue weighted by Crippen LogP contribution is 2.18. The van der Waals surface area contributed by atoms with E-state index < -0.39 is 7.12 Å². The van der Waals surface area contributed by atoms with E-state index in [2.05, 4.69) is 0 Å². The van der Waals surface area contributed by atoms with Crippen LogP contribution in [0.4, 0.5) is 0 Å². The van der Waals surface area contributed by atoms with Crippen molar-refractivity contribution in [2.75, 3.05) is 0 Å². The second-order valence-corrected chi connectivity index (χ2v) is 3.29. The van der Waals surface area contributed by atoms with Crippen LogP contribution in [0, 0.1) is 0 Å². The molecule has 3 nitrogen and oxygen atoms in total. The third-order valence-electron chi connectivity index (χ3n) is 2.03. The monoisotopic (exact) mass is 196 g/mol. The molecule has 1 aliphatic heterocycles. The van der Waals surface area contributed by atoms with Gasteiger partial charge in [-0.1, -0.05) is 11.6 Å². The van der Waals surface area contributed by atoms with Crippen molar-refractivity contribution in [2.24, 2.45) is 0 Å². The average molecular weight is 196 g/mol. The molecule has 0 bridgehead atoms. The Morgan fingerprint density at radius 2 is 2.38 bits per heavy atom. The maximum absolute atomic E-state index is 10.6. The van der Waals surface area contributed by atoms with Crippen LogP contribution in [-0.2, 0) is 11.3 Å². The summed E-state index contributed by atoms with van der Waals surface area (Å²) in [6.45, 7) is 0.303. The molecule has 0 aromatic heterocycles. The summed E-state index contributed by atoms with van der Waals surface area (Å²) in [4.78, 5) is 10.6. The van der Waals surface area contributed by atoms with E-state index in [1.165, 1.54) is 6.07 Å². The van der Waals surface area contributed by atoms with E-state index >= 15 is 0 Å². The summed E-state index contributed by atoms with van der Waals surface area (Å²) in [7, 11) is -0.993. The molecule has 0 saturated heterocycles. The topological polar surface area (TPSA) is 46.5 Å². The van der Waals surface area contributed by atoms with Gasteiger partial charge in [0.25, 0.3) is 0 Å². The quantitative estimate of drug-likeness (QED) is 0.521. The third kappa shape index (κ3) is 1.37. The van der Waals surface area contributed by atoms with Crippen LogP contribution in [0.2, 0.25) is 5.02 Å². The first-order valence-electron chi connectivity index (χ1n) is 3.79. The van der Waals surface area contributed by atoms with Gasteiger partial charge in [0.15, 0.2) is 0 Å². The number of aldehydes is 1. The molecule has 0 fully saturated rings. The van der Waals surface area contributed by atoms with Crippen molar-refractivity contribution in [3.63, 3.8) is 0 Å². The summed E-state index contributed by atoms with van der Waals surface area (Å²) in [6.07, 6.45) is 0.669. The molecule has 0 atom stereocenters. The van der Waals surface area contributed by atoms with Crippen molar-refractivity contribution in [3.8, 4) is 0 Å². The van der Waals surface area contributed by atoms with E-state index in [0.29, 0.717) is 28.9 Å². The number of fused-ring (bicyclic) bond motifs is 1. The zero-order valence-corrected chi connectivity index (χ0v) is 7.41. The van der Waals surface area contributed by atoms with Gasteiger partial charge in [-0.25, -0.2) is 0 Å². The molecule has 66 valence electrons. The Morgan fingerprint density at radius 3 is 3.08 bits per heavy atom. The van der Waals surface area contributed by atoms with E-state index in [4.69, 9.17) is 16.3 Å². The second-order valence-electron chi connectivity index (χ2n) is 2.85. The minimum atomic E-state index is -0.993. The van der Waals surface area contributed by atoms with Gasteiger partial charge in [-0.05, 0) is 23.2 Å². The summed E-state index contributed by atoms with van der Waals surface area (Å²) in [5.74, 6) is 0. The first kappa shape index (κ1) is 8.75. The second kappa shape index (κ2) is 3.14. The van der Waals surface area contributed by atoms with E-state index in [1.807, 2.05) is 0 Å². The van der Waals surface area contributed by atoms with Crippen LogP contribution in [0.1, 0.15) is 15.9 Å². The van der Waals surface area contributed by atoms with Gasteiger partial charge >= 0.3 is 7.12 Å². The zero-order valence-electron chi connectivity index (χ0n) is 6.66. The molecule has 0 saturated carbocycles. The number of carbonyl (C=O) groups is 1. The summed E-state index contributed by atoms with van der Waals surface area (Å²) in [5.41, 5.74) is 1.72.